The molecule has 0 radical (unpaired) electrons. The Hall–Kier alpha value is -2.41. The fourth-order valence-electron chi connectivity index (χ4n) is 2.54. The van der Waals surface area contributed by atoms with Crippen molar-refractivity contribution in [2.24, 2.45) is 5.41 Å². The van der Waals surface area contributed by atoms with E-state index in [1.807, 2.05) is 25.1 Å². The van der Waals surface area contributed by atoms with E-state index in [4.69, 9.17) is 4.74 Å². The van der Waals surface area contributed by atoms with Gasteiger partial charge in [-0.15, -0.1) is 0 Å². The predicted molar refractivity (Wildman–Crippen MR) is 87.9 cm³/mol. The molecule has 0 fully saturated rings. The molecule has 2 aromatic rings. The number of allylic oxidation sites excluding steroid dienone is 2. The van der Waals surface area contributed by atoms with E-state index in [0.29, 0.717) is 11.7 Å². The average molecular weight is 332 g/mol. The van der Waals surface area contributed by atoms with E-state index in [1.165, 1.54) is 11.3 Å². The fourth-order valence-corrected chi connectivity index (χ4v) is 3.43. The number of aliphatic carboxylic acids is 1. The van der Waals surface area contributed by atoms with Crippen LogP contribution in [0.2, 0.25) is 0 Å². The van der Waals surface area contributed by atoms with E-state index in [2.05, 4.69) is 10.3 Å². The minimum absolute atomic E-state index is 0.202. The Bertz CT molecular complexity index is 788. The van der Waals surface area contributed by atoms with Gasteiger partial charge in [-0.25, -0.2) is 4.98 Å². The highest BCUT2D eigenvalue weighted by atomic mass is 32.1. The highest BCUT2D eigenvalue weighted by Gasteiger charge is 2.46. The number of aromatic nitrogens is 1. The number of hydrogen-bond donors (Lipinski definition) is 2. The van der Waals surface area contributed by atoms with E-state index < -0.39 is 17.3 Å². The third-order valence-corrected chi connectivity index (χ3v) is 4.77. The van der Waals surface area contributed by atoms with E-state index in [-0.39, 0.29) is 12.8 Å². The summed E-state index contributed by atoms with van der Waals surface area (Å²) < 4.78 is 6.31. The van der Waals surface area contributed by atoms with Crippen molar-refractivity contribution in [2.75, 3.05) is 11.9 Å². The number of thiazole rings is 1. The minimum Gasteiger partial charge on any atom is -0.494 e. The summed E-state index contributed by atoms with van der Waals surface area (Å²) >= 11 is 1.30. The third kappa shape index (κ3) is 2.79. The molecular formula is C16H16N2O4S. The average Bonchev–Trinajstić information content (AvgIpc) is 3.13. The number of rotatable bonds is 5. The molecule has 1 aliphatic carbocycles. The van der Waals surface area contributed by atoms with Crippen LogP contribution in [0.4, 0.5) is 5.13 Å². The van der Waals surface area contributed by atoms with Gasteiger partial charge in [-0.3, -0.25) is 9.59 Å². The number of hydrogen-bond acceptors (Lipinski definition) is 5. The second-order valence-electron chi connectivity index (χ2n) is 5.30. The molecule has 120 valence electrons. The topological polar surface area (TPSA) is 88.5 Å². The normalized spacial score (nSPS) is 15.7. The Balaban J connectivity index is 1.83. The second kappa shape index (κ2) is 6.00. The zero-order valence-electron chi connectivity index (χ0n) is 12.5. The SMILES string of the molecule is CCOc1ccc2nc(NC(=O)C3(C(=O)O)CC=CC3)sc2c1. The van der Waals surface area contributed by atoms with Crippen molar-refractivity contribution in [1.29, 1.82) is 0 Å². The van der Waals surface area contributed by atoms with Gasteiger partial charge in [0.1, 0.15) is 5.75 Å². The summed E-state index contributed by atoms with van der Waals surface area (Å²) in [4.78, 5) is 28.3. The molecule has 1 heterocycles. The van der Waals surface area contributed by atoms with Crippen LogP contribution in [0.5, 0.6) is 5.75 Å². The van der Waals surface area contributed by atoms with Crippen LogP contribution in [0.1, 0.15) is 19.8 Å². The number of benzene rings is 1. The van der Waals surface area contributed by atoms with Crippen LogP contribution in [0, 0.1) is 5.41 Å². The zero-order valence-corrected chi connectivity index (χ0v) is 13.4. The van der Waals surface area contributed by atoms with Gasteiger partial charge >= 0.3 is 5.97 Å². The van der Waals surface area contributed by atoms with Crippen molar-refractivity contribution in [3.8, 4) is 5.75 Å². The molecule has 7 heteroatoms. The smallest absolute Gasteiger partial charge is 0.319 e. The standard InChI is InChI=1S/C16H16N2O4S/c1-2-22-10-5-6-11-12(9-10)23-15(17-11)18-13(19)16(14(20)21)7-3-4-8-16/h3-6,9H,2,7-8H2,1H3,(H,20,21)(H,17,18,19). The van der Waals surface area contributed by atoms with Crippen LogP contribution >= 0.6 is 11.3 Å². The number of carboxylic acids is 1. The Labute approximate surface area is 136 Å². The van der Waals surface area contributed by atoms with Gasteiger partial charge in [-0.05, 0) is 38.0 Å². The number of anilines is 1. The second-order valence-corrected chi connectivity index (χ2v) is 6.33. The minimum atomic E-state index is -1.42. The molecule has 3 rings (SSSR count). The lowest BCUT2D eigenvalue weighted by Crippen LogP contribution is -2.41. The van der Waals surface area contributed by atoms with Crippen molar-refractivity contribution < 1.29 is 19.4 Å². The molecule has 23 heavy (non-hydrogen) atoms. The van der Waals surface area contributed by atoms with Gasteiger partial charge in [-0.1, -0.05) is 23.5 Å². The van der Waals surface area contributed by atoms with Crippen molar-refractivity contribution in [3.05, 3.63) is 30.4 Å². The summed E-state index contributed by atoms with van der Waals surface area (Å²) in [7, 11) is 0. The van der Waals surface area contributed by atoms with E-state index in [9.17, 15) is 14.7 Å². The molecule has 2 N–H and O–H groups in total. The fraction of sp³-hybridized carbons (Fsp3) is 0.312. The number of carbonyl (C=O) groups is 2. The van der Waals surface area contributed by atoms with E-state index in [1.54, 1.807) is 12.2 Å². The zero-order chi connectivity index (χ0) is 16.4. The van der Waals surface area contributed by atoms with Crippen LogP contribution in [-0.4, -0.2) is 28.6 Å². The van der Waals surface area contributed by atoms with Crippen molar-refractivity contribution in [2.45, 2.75) is 19.8 Å². The number of amides is 1. The molecule has 0 saturated heterocycles. The van der Waals surface area contributed by atoms with Gasteiger partial charge in [0.2, 0.25) is 5.91 Å². The van der Waals surface area contributed by atoms with Gasteiger partial charge in [-0.2, -0.15) is 0 Å². The van der Waals surface area contributed by atoms with Crippen molar-refractivity contribution in [3.63, 3.8) is 0 Å². The number of carboxylic acid groups (broad SMARTS) is 1. The van der Waals surface area contributed by atoms with Gasteiger partial charge in [0, 0.05) is 0 Å². The predicted octanol–water partition coefficient (Wildman–Crippen LogP) is 3.05. The van der Waals surface area contributed by atoms with Crippen LogP contribution in [0.15, 0.2) is 30.4 Å². The Kier molecular flexibility index (Phi) is 4.04. The molecule has 0 atom stereocenters. The lowest BCUT2D eigenvalue weighted by atomic mass is 9.84. The van der Waals surface area contributed by atoms with Gasteiger partial charge in [0.15, 0.2) is 10.5 Å². The first-order valence-electron chi connectivity index (χ1n) is 7.28. The molecule has 0 unspecified atom stereocenters. The quantitative estimate of drug-likeness (QED) is 0.649. The summed E-state index contributed by atoms with van der Waals surface area (Å²) in [5.74, 6) is -0.901. The Morgan fingerprint density at radius 2 is 2.13 bits per heavy atom. The Morgan fingerprint density at radius 1 is 1.39 bits per heavy atom. The van der Waals surface area contributed by atoms with Gasteiger partial charge < -0.3 is 15.2 Å². The summed E-state index contributed by atoms with van der Waals surface area (Å²) in [6.45, 7) is 2.48. The monoisotopic (exact) mass is 332 g/mol. The largest absolute Gasteiger partial charge is 0.494 e. The van der Waals surface area contributed by atoms with Crippen LogP contribution in [0.3, 0.4) is 0 Å². The van der Waals surface area contributed by atoms with Crippen LogP contribution in [0.25, 0.3) is 10.2 Å². The maximum Gasteiger partial charge on any atom is 0.319 e. The summed E-state index contributed by atoms with van der Waals surface area (Å²) in [6.07, 6.45) is 3.85. The lowest BCUT2D eigenvalue weighted by Gasteiger charge is -2.21. The number of nitrogens with one attached hydrogen (secondary N) is 1. The van der Waals surface area contributed by atoms with Crippen LogP contribution in [-0.2, 0) is 9.59 Å². The van der Waals surface area contributed by atoms with Crippen molar-refractivity contribution >= 4 is 38.6 Å². The highest BCUT2D eigenvalue weighted by Crippen LogP contribution is 2.36. The first-order chi connectivity index (χ1) is 11.0. The van der Waals surface area contributed by atoms with Gasteiger partial charge in [0.05, 0.1) is 16.8 Å². The van der Waals surface area contributed by atoms with Crippen molar-refractivity contribution in [1.82, 2.24) is 4.98 Å². The van der Waals surface area contributed by atoms with E-state index >= 15 is 0 Å². The third-order valence-electron chi connectivity index (χ3n) is 3.83. The number of ether oxygens (including phenoxy) is 1. The maximum atomic E-state index is 12.4. The number of fused-ring (bicyclic) bond motifs is 1. The molecule has 6 nitrogen and oxygen atoms in total. The lowest BCUT2D eigenvalue weighted by molar-refractivity contribution is -0.153. The summed E-state index contributed by atoms with van der Waals surface area (Å²) in [5, 5.41) is 12.5. The first-order valence-corrected chi connectivity index (χ1v) is 8.10. The molecular weight excluding hydrogens is 316 g/mol. The molecule has 0 aliphatic heterocycles. The number of carbonyl (C=O) groups excluding carboxylic acids is 1. The van der Waals surface area contributed by atoms with E-state index in [0.717, 1.165) is 16.0 Å². The summed E-state index contributed by atoms with van der Waals surface area (Å²) in [5.41, 5.74) is -0.684. The molecule has 1 aromatic carbocycles. The highest BCUT2D eigenvalue weighted by molar-refractivity contribution is 7.22. The molecule has 1 amide bonds. The Morgan fingerprint density at radius 3 is 2.78 bits per heavy atom. The number of nitrogens with zero attached hydrogens (tertiary/aromatic N) is 1. The molecule has 1 aromatic heterocycles. The molecule has 0 saturated carbocycles. The van der Waals surface area contributed by atoms with Crippen LogP contribution < -0.4 is 10.1 Å². The first kappa shape index (κ1) is 15.5. The molecule has 0 bridgehead atoms. The maximum absolute atomic E-state index is 12.4. The van der Waals surface area contributed by atoms with Gasteiger partial charge in [0.25, 0.3) is 0 Å². The summed E-state index contributed by atoms with van der Waals surface area (Å²) in [6, 6.07) is 5.49. The molecule has 0 spiro atoms. The molecule has 1 aliphatic rings.